The molecule has 1 atom stereocenters. The number of carbonyl (C=O) groups is 1. The molecular weight excluding hydrogens is 318 g/mol. The van der Waals surface area contributed by atoms with Gasteiger partial charge in [0.25, 0.3) is 5.56 Å². The number of allylic oxidation sites excluding steroid dienone is 2. The number of thiophene rings is 1. The van der Waals surface area contributed by atoms with Gasteiger partial charge in [0.05, 0.1) is 11.5 Å². The van der Waals surface area contributed by atoms with Gasteiger partial charge in [-0.1, -0.05) is 6.07 Å². The highest BCUT2D eigenvalue weighted by molar-refractivity contribution is 7.71. The average molecular weight is 331 g/mol. The monoisotopic (exact) mass is 331 g/mol. The van der Waals surface area contributed by atoms with Gasteiger partial charge in [0.1, 0.15) is 5.82 Å². The summed E-state index contributed by atoms with van der Waals surface area (Å²) in [6.45, 7) is 0. The standard InChI is InChI=1S/C15H13N3O2S2/c19-8-4-1-3-7-10(8)11(9-5-2-6-22-9)12-13(16-7)17-15(21)18-14(12)20/h2,5-6,11H,1,3-4H2,(H3,16,17,18,20,21)/t11-/m1/s1. The van der Waals surface area contributed by atoms with Crippen LogP contribution in [-0.4, -0.2) is 15.8 Å². The van der Waals surface area contributed by atoms with E-state index in [0.29, 0.717) is 17.8 Å². The van der Waals surface area contributed by atoms with E-state index < -0.39 is 0 Å². The summed E-state index contributed by atoms with van der Waals surface area (Å²) in [6, 6.07) is 3.91. The number of ketones is 1. The number of carbonyl (C=O) groups excluding carboxylic acids is 1. The molecule has 0 saturated heterocycles. The van der Waals surface area contributed by atoms with E-state index in [1.165, 1.54) is 0 Å². The number of nitrogens with one attached hydrogen (secondary N) is 3. The molecule has 3 N–H and O–H groups in total. The molecule has 2 aliphatic rings. The van der Waals surface area contributed by atoms with E-state index in [1.807, 2.05) is 17.5 Å². The van der Waals surface area contributed by atoms with Crippen LogP contribution in [0.25, 0.3) is 0 Å². The van der Waals surface area contributed by atoms with Crippen molar-refractivity contribution in [2.75, 3.05) is 5.32 Å². The Morgan fingerprint density at radius 3 is 2.86 bits per heavy atom. The van der Waals surface area contributed by atoms with Crippen molar-refractivity contribution < 1.29 is 4.79 Å². The number of Topliss-reactive ketones (excluding diaryl/α,β-unsaturated/α-hetero) is 1. The highest BCUT2D eigenvalue weighted by Crippen LogP contribution is 2.44. The van der Waals surface area contributed by atoms with Crippen molar-refractivity contribution in [3.05, 3.63) is 54.3 Å². The number of anilines is 1. The fraction of sp³-hybridized carbons (Fsp3) is 0.267. The highest BCUT2D eigenvalue weighted by atomic mass is 32.1. The Morgan fingerprint density at radius 2 is 2.09 bits per heavy atom. The van der Waals surface area contributed by atoms with Gasteiger partial charge in [0, 0.05) is 22.6 Å². The first-order chi connectivity index (χ1) is 10.6. The maximum Gasteiger partial charge on any atom is 0.258 e. The quantitative estimate of drug-likeness (QED) is 0.702. The van der Waals surface area contributed by atoms with Gasteiger partial charge in [-0.2, -0.15) is 0 Å². The van der Waals surface area contributed by atoms with Gasteiger partial charge in [0.2, 0.25) is 0 Å². The van der Waals surface area contributed by atoms with Gasteiger partial charge in [-0.05, 0) is 36.5 Å². The Bertz CT molecular complexity index is 906. The van der Waals surface area contributed by atoms with Gasteiger partial charge in [-0.3, -0.25) is 14.6 Å². The fourth-order valence-electron chi connectivity index (χ4n) is 3.23. The molecule has 2 aromatic heterocycles. The second kappa shape index (κ2) is 5.03. The molecule has 0 aromatic carbocycles. The Labute approximate surface area is 135 Å². The third-order valence-corrected chi connectivity index (χ3v) is 5.26. The molecule has 7 heteroatoms. The van der Waals surface area contributed by atoms with Gasteiger partial charge in [0.15, 0.2) is 10.6 Å². The number of hydrogen-bond acceptors (Lipinski definition) is 5. The lowest BCUT2D eigenvalue weighted by atomic mass is 9.79. The minimum atomic E-state index is -0.311. The third kappa shape index (κ3) is 2.00. The SMILES string of the molecule is O=C1CCCC2=C1[C@@H](c1cccs1)c1c([nH]c(=S)[nH]c1=O)N2. The Morgan fingerprint density at radius 1 is 1.23 bits per heavy atom. The molecule has 1 aliphatic heterocycles. The lowest BCUT2D eigenvalue weighted by Crippen LogP contribution is -2.32. The predicted octanol–water partition coefficient (Wildman–Crippen LogP) is 3.06. The van der Waals surface area contributed by atoms with Crippen molar-refractivity contribution in [1.82, 2.24) is 9.97 Å². The van der Waals surface area contributed by atoms with Crippen LogP contribution >= 0.6 is 23.6 Å². The van der Waals surface area contributed by atoms with Crippen LogP contribution in [0.5, 0.6) is 0 Å². The van der Waals surface area contributed by atoms with Gasteiger partial charge in [-0.15, -0.1) is 11.3 Å². The van der Waals surface area contributed by atoms with Crippen LogP contribution < -0.4 is 10.9 Å². The second-order valence-corrected chi connectivity index (χ2v) is 6.83. The molecule has 2 aromatic rings. The van der Waals surface area contributed by atoms with Gasteiger partial charge < -0.3 is 10.3 Å². The lowest BCUT2D eigenvalue weighted by Gasteiger charge is -2.32. The van der Waals surface area contributed by atoms with Crippen molar-refractivity contribution in [1.29, 1.82) is 0 Å². The van der Waals surface area contributed by atoms with Crippen molar-refractivity contribution in [2.45, 2.75) is 25.2 Å². The maximum absolute atomic E-state index is 12.5. The molecule has 0 spiro atoms. The fourth-order valence-corrected chi connectivity index (χ4v) is 4.27. The maximum atomic E-state index is 12.5. The molecule has 5 nitrogen and oxygen atoms in total. The third-order valence-electron chi connectivity index (χ3n) is 4.12. The van der Waals surface area contributed by atoms with E-state index in [0.717, 1.165) is 29.0 Å². The minimum absolute atomic E-state index is 0.125. The summed E-state index contributed by atoms with van der Waals surface area (Å²) < 4.78 is 0.285. The summed E-state index contributed by atoms with van der Waals surface area (Å²) in [6.07, 6.45) is 2.19. The Kier molecular flexibility index (Phi) is 3.12. The van der Waals surface area contributed by atoms with E-state index in [-0.39, 0.29) is 22.0 Å². The first kappa shape index (κ1) is 13.7. The van der Waals surface area contributed by atoms with E-state index in [9.17, 15) is 9.59 Å². The summed E-state index contributed by atoms with van der Waals surface area (Å²) in [7, 11) is 0. The predicted molar refractivity (Wildman–Crippen MR) is 87.9 cm³/mol. The average Bonchev–Trinajstić information content (AvgIpc) is 2.99. The van der Waals surface area contributed by atoms with Crippen LogP contribution in [0.2, 0.25) is 0 Å². The van der Waals surface area contributed by atoms with Crippen molar-refractivity contribution >= 4 is 35.2 Å². The van der Waals surface area contributed by atoms with E-state index >= 15 is 0 Å². The largest absolute Gasteiger partial charge is 0.344 e. The zero-order valence-electron chi connectivity index (χ0n) is 11.6. The number of aromatic nitrogens is 2. The summed E-state index contributed by atoms with van der Waals surface area (Å²) >= 11 is 6.62. The number of rotatable bonds is 1. The molecule has 4 rings (SSSR count). The molecule has 0 bridgehead atoms. The Balaban J connectivity index is 2.03. The van der Waals surface area contributed by atoms with E-state index in [2.05, 4.69) is 15.3 Å². The van der Waals surface area contributed by atoms with Crippen LogP contribution in [-0.2, 0) is 4.79 Å². The van der Waals surface area contributed by atoms with Crippen LogP contribution in [0.3, 0.4) is 0 Å². The first-order valence-corrected chi connectivity index (χ1v) is 8.37. The molecule has 112 valence electrons. The first-order valence-electron chi connectivity index (χ1n) is 7.08. The molecule has 22 heavy (non-hydrogen) atoms. The minimum Gasteiger partial charge on any atom is -0.344 e. The summed E-state index contributed by atoms with van der Waals surface area (Å²) in [4.78, 5) is 31.6. The summed E-state index contributed by atoms with van der Waals surface area (Å²) in [5, 5.41) is 5.19. The number of fused-ring (bicyclic) bond motifs is 1. The van der Waals surface area contributed by atoms with E-state index in [4.69, 9.17) is 12.2 Å². The molecule has 3 heterocycles. The van der Waals surface area contributed by atoms with E-state index in [1.54, 1.807) is 11.3 Å². The summed E-state index contributed by atoms with van der Waals surface area (Å²) in [5.74, 6) is 0.426. The van der Waals surface area contributed by atoms with Crippen LogP contribution in [0.1, 0.15) is 35.6 Å². The molecule has 0 saturated carbocycles. The topological polar surface area (TPSA) is 77.8 Å². The Hall–Kier alpha value is -1.99. The van der Waals surface area contributed by atoms with Crippen LogP contribution in [0, 0.1) is 4.77 Å². The van der Waals surface area contributed by atoms with Crippen molar-refractivity contribution in [2.24, 2.45) is 0 Å². The number of H-pyrrole nitrogens is 2. The normalized spacial score (nSPS) is 20.4. The van der Waals surface area contributed by atoms with Crippen LogP contribution in [0.15, 0.2) is 33.6 Å². The smallest absolute Gasteiger partial charge is 0.258 e. The highest BCUT2D eigenvalue weighted by Gasteiger charge is 2.37. The van der Waals surface area contributed by atoms with Crippen LogP contribution in [0.4, 0.5) is 5.82 Å². The molecule has 0 fully saturated rings. The van der Waals surface area contributed by atoms with Crippen molar-refractivity contribution in [3.63, 3.8) is 0 Å². The van der Waals surface area contributed by atoms with Gasteiger partial charge >= 0.3 is 0 Å². The molecule has 1 aliphatic carbocycles. The van der Waals surface area contributed by atoms with Crippen molar-refractivity contribution in [3.8, 4) is 0 Å². The number of hydrogen-bond donors (Lipinski definition) is 3. The zero-order valence-corrected chi connectivity index (χ0v) is 13.2. The lowest BCUT2D eigenvalue weighted by molar-refractivity contribution is -0.116. The number of aromatic amines is 2. The zero-order chi connectivity index (χ0) is 15.3. The second-order valence-electron chi connectivity index (χ2n) is 5.44. The summed E-state index contributed by atoms with van der Waals surface area (Å²) in [5.41, 5.74) is 1.95. The van der Waals surface area contributed by atoms with Gasteiger partial charge in [-0.25, -0.2) is 0 Å². The molecular formula is C15H13N3O2S2. The molecule has 0 radical (unpaired) electrons. The molecule has 0 amide bonds. The molecule has 0 unspecified atom stereocenters.